The van der Waals surface area contributed by atoms with Crippen molar-refractivity contribution in [3.63, 3.8) is 0 Å². The summed E-state index contributed by atoms with van der Waals surface area (Å²) >= 11 is 0. The van der Waals surface area contributed by atoms with Crippen LogP contribution in [-0.4, -0.2) is 30.1 Å². The molecular formula is C16H15F3N5O2+. The van der Waals surface area contributed by atoms with Crippen LogP contribution in [0.15, 0.2) is 43.4 Å². The van der Waals surface area contributed by atoms with Gasteiger partial charge in [0.25, 0.3) is 0 Å². The molecule has 0 saturated carbocycles. The number of hydrogen-bond acceptors (Lipinski definition) is 5. The molecule has 2 heterocycles. The van der Waals surface area contributed by atoms with E-state index in [1.54, 1.807) is 0 Å². The Bertz CT molecular complexity index is 922. The molecule has 0 spiro atoms. The summed E-state index contributed by atoms with van der Waals surface area (Å²) in [6.07, 6.45) is 4.22. The van der Waals surface area contributed by atoms with Crippen LogP contribution in [0, 0.1) is 17.5 Å². The van der Waals surface area contributed by atoms with Gasteiger partial charge in [0.05, 0.1) is 12.5 Å². The molecule has 2 atom stereocenters. The Morgan fingerprint density at radius 2 is 2.04 bits per heavy atom. The van der Waals surface area contributed by atoms with E-state index in [0.717, 1.165) is 24.7 Å². The summed E-state index contributed by atoms with van der Waals surface area (Å²) < 4.78 is 43.6. The maximum Gasteiger partial charge on any atom is 0.325 e. The standard InChI is InChI=1S/C16H15F3N5O2/c1-10(15-14(19)5-24(26)9-21-15)16(25,6-23-8-20-7-22-23)12-3-2-11(17)4-13(12)18/h2-5,7-10,25-26H,6H2,1H3/q+1/t10?,16-/m1/s1. The van der Waals surface area contributed by atoms with Gasteiger partial charge in [-0.2, -0.15) is 9.49 Å². The van der Waals surface area contributed by atoms with Gasteiger partial charge in [-0.1, -0.05) is 17.7 Å². The Labute approximate surface area is 146 Å². The van der Waals surface area contributed by atoms with E-state index in [9.17, 15) is 23.5 Å². The van der Waals surface area contributed by atoms with Crippen LogP contribution in [0.5, 0.6) is 0 Å². The minimum atomic E-state index is -2.03. The maximum atomic E-state index is 14.4. The molecule has 1 aromatic carbocycles. The number of benzene rings is 1. The summed E-state index contributed by atoms with van der Waals surface area (Å²) in [5, 5.41) is 24.4. The monoisotopic (exact) mass is 366 g/mol. The first kappa shape index (κ1) is 17.8. The largest absolute Gasteiger partial charge is 0.382 e. The van der Waals surface area contributed by atoms with Crippen molar-refractivity contribution in [2.45, 2.75) is 25.0 Å². The minimum Gasteiger partial charge on any atom is -0.382 e. The Hall–Kier alpha value is -3.01. The van der Waals surface area contributed by atoms with Crippen molar-refractivity contribution >= 4 is 0 Å². The summed E-state index contributed by atoms with van der Waals surface area (Å²) in [5.74, 6) is -3.78. The fraction of sp³-hybridized carbons (Fsp3) is 0.250. The van der Waals surface area contributed by atoms with E-state index < -0.39 is 29.0 Å². The Balaban J connectivity index is 2.13. The number of hydrogen-bond donors (Lipinski definition) is 2. The topological polar surface area (TPSA) is 87.9 Å². The highest BCUT2D eigenvalue weighted by molar-refractivity contribution is 5.29. The summed E-state index contributed by atoms with van der Waals surface area (Å²) in [6.45, 7) is 1.15. The summed E-state index contributed by atoms with van der Waals surface area (Å²) in [7, 11) is 0. The lowest BCUT2D eigenvalue weighted by Gasteiger charge is -2.33. The number of nitrogens with zero attached hydrogens (tertiary/aromatic N) is 5. The molecule has 3 aromatic rings. The Kier molecular flexibility index (Phi) is 4.60. The fourth-order valence-electron chi connectivity index (χ4n) is 2.80. The lowest BCUT2D eigenvalue weighted by Crippen LogP contribution is -2.40. The first-order chi connectivity index (χ1) is 12.3. The van der Waals surface area contributed by atoms with Crippen LogP contribution in [0.3, 0.4) is 0 Å². The second-order valence-electron chi connectivity index (χ2n) is 5.85. The second kappa shape index (κ2) is 6.71. The third kappa shape index (κ3) is 3.23. The molecule has 10 heteroatoms. The van der Waals surface area contributed by atoms with Crippen LogP contribution in [-0.2, 0) is 12.1 Å². The molecule has 0 saturated heterocycles. The SMILES string of the molecule is CC(c1nc[n+](O)cc1F)[C@](O)(Cn1cncn1)c1ccc(F)cc1F. The van der Waals surface area contributed by atoms with Crippen molar-refractivity contribution in [2.24, 2.45) is 0 Å². The molecule has 2 aromatic heterocycles. The van der Waals surface area contributed by atoms with E-state index in [0.29, 0.717) is 10.8 Å². The van der Waals surface area contributed by atoms with Gasteiger partial charge in [-0.15, -0.1) is 0 Å². The van der Waals surface area contributed by atoms with Gasteiger partial charge in [0.2, 0.25) is 5.82 Å². The molecule has 0 aliphatic heterocycles. The molecule has 26 heavy (non-hydrogen) atoms. The van der Waals surface area contributed by atoms with Crippen LogP contribution in [0.2, 0.25) is 0 Å². The average Bonchev–Trinajstić information content (AvgIpc) is 3.06. The first-order valence-electron chi connectivity index (χ1n) is 7.57. The van der Waals surface area contributed by atoms with Gasteiger partial charge in [0.15, 0.2) is 11.9 Å². The third-order valence-corrected chi connectivity index (χ3v) is 4.20. The quantitative estimate of drug-likeness (QED) is 0.525. The van der Waals surface area contributed by atoms with E-state index in [-0.39, 0.29) is 17.8 Å². The third-order valence-electron chi connectivity index (χ3n) is 4.20. The van der Waals surface area contributed by atoms with E-state index in [4.69, 9.17) is 0 Å². The second-order valence-corrected chi connectivity index (χ2v) is 5.85. The van der Waals surface area contributed by atoms with Crippen molar-refractivity contribution in [3.05, 3.63) is 72.1 Å². The number of rotatable bonds is 5. The van der Waals surface area contributed by atoms with Gasteiger partial charge >= 0.3 is 6.33 Å². The van der Waals surface area contributed by atoms with Gasteiger partial charge in [-0.05, 0) is 11.1 Å². The zero-order valence-corrected chi connectivity index (χ0v) is 13.6. The molecule has 1 unspecified atom stereocenters. The summed E-state index contributed by atoms with van der Waals surface area (Å²) in [6, 6.07) is 2.71. The smallest absolute Gasteiger partial charge is 0.325 e. The molecule has 136 valence electrons. The normalized spacial score (nSPS) is 14.8. The molecule has 0 amide bonds. The van der Waals surface area contributed by atoms with Crippen molar-refractivity contribution in [2.75, 3.05) is 0 Å². The highest BCUT2D eigenvalue weighted by Gasteiger charge is 2.43. The van der Waals surface area contributed by atoms with Crippen LogP contribution in [0.25, 0.3) is 0 Å². The van der Waals surface area contributed by atoms with Crippen molar-refractivity contribution in [1.82, 2.24) is 19.7 Å². The molecule has 0 bridgehead atoms. The molecule has 3 rings (SSSR count). The molecule has 2 N–H and O–H groups in total. The molecule has 0 aliphatic carbocycles. The lowest BCUT2D eigenvalue weighted by molar-refractivity contribution is -0.907. The van der Waals surface area contributed by atoms with Gasteiger partial charge in [-0.3, -0.25) is 0 Å². The molecule has 0 fully saturated rings. The Morgan fingerprint density at radius 1 is 1.27 bits per heavy atom. The zero-order valence-electron chi connectivity index (χ0n) is 13.6. The van der Waals surface area contributed by atoms with E-state index >= 15 is 0 Å². The van der Waals surface area contributed by atoms with Crippen LogP contribution in [0.4, 0.5) is 13.2 Å². The van der Waals surface area contributed by atoms with Gasteiger partial charge in [-0.25, -0.2) is 18.4 Å². The van der Waals surface area contributed by atoms with Crippen LogP contribution < -0.4 is 4.73 Å². The van der Waals surface area contributed by atoms with Crippen molar-refractivity contribution in [3.8, 4) is 0 Å². The van der Waals surface area contributed by atoms with Crippen LogP contribution >= 0.6 is 0 Å². The zero-order chi connectivity index (χ0) is 18.9. The van der Waals surface area contributed by atoms with E-state index in [1.165, 1.54) is 24.3 Å². The molecular weight excluding hydrogens is 351 g/mol. The minimum absolute atomic E-state index is 0.207. The van der Waals surface area contributed by atoms with Gasteiger partial charge < -0.3 is 10.3 Å². The maximum absolute atomic E-state index is 14.4. The summed E-state index contributed by atoms with van der Waals surface area (Å²) in [5.41, 5.74) is -2.48. The average molecular weight is 366 g/mol. The summed E-state index contributed by atoms with van der Waals surface area (Å²) in [4.78, 5) is 7.54. The lowest BCUT2D eigenvalue weighted by atomic mass is 9.79. The highest BCUT2D eigenvalue weighted by Crippen LogP contribution is 2.39. The van der Waals surface area contributed by atoms with E-state index in [2.05, 4.69) is 15.1 Å². The number of aromatic nitrogens is 5. The molecule has 0 aliphatic rings. The van der Waals surface area contributed by atoms with Crippen molar-refractivity contribution in [1.29, 1.82) is 0 Å². The molecule has 0 radical (unpaired) electrons. The highest BCUT2D eigenvalue weighted by atomic mass is 19.1. The van der Waals surface area contributed by atoms with Crippen LogP contribution in [0.1, 0.15) is 24.1 Å². The van der Waals surface area contributed by atoms with Gasteiger partial charge in [0, 0.05) is 11.6 Å². The van der Waals surface area contributed by atoms with E-state index in [1.807, 2.05) is 0 Å². The fourth-order valence-corrected chi connectivity index (χ4v) is 2.80. The van der Waals surface area contributed by atoms with Gasteiger partial charge in [0.1, 0.15) is 29.9 Å². The number of aliphatic hydroxyl groups is 1. The Morgan fingerprint density at radius 3 is 2.65 bits per heavy atom. The van der Waals surface area contributed by atoms with Crippen molar-refractivity contribution < 1.29 is 28.2 Å². The number of halogens is 3. The molecule has 7 nitrogen and oxygen atoms in total. The first-order valence-corrected chi connectivity index (χ1v) is 7.57. The predicted octanol–water partition coefficient (Wildman–Crippen LogP) is 1.31. The predicted molar refractivity (Wildman–Crippen MR) is 80.3 cm³/mol.